The number of piperazine rings is 1. The molecule has 1 aromatic carbocycles. The summed E-state index contributed by atoms with van der Waals surface area (Å²) in [6, 6.07) is 3.99. The molecule has 0 bridgehead atoms. The van der Waals surface area contributed by atoms with E-state index in [0.29, 0.717) is 6.61 Å². The number of methoxy groups -OCH3 is 1. The van der Waals surface area contributed by atoms with Crippen LogP contribution in [0.5, 0.6) is 11.5 Å². The molecule has 0 spiro atoms. The van der Waals surface area contributed by atoms with Crippen LogP contribution in [0.15, 0.2) is 18.5 Å². The second-order valence-electron chi connectivity index (χ2n) is 6.85. The maximum absolute atomic E-state index is 6.03. The number of anilines is 1. The van der Waals surface area contributed by atoms with Crippen LogP contribution in [0.2, 0.25) is 0 Å². The Morgan fingerprint density at radius 1 is 1.04 bits per heavy atom. The van der Waals surface area contributed by atoms with E-state index in [1.807, 2.05) is 12.1 Å². The van der Waals surface area contributed by atoms with Crippen molar-refractivity contribution in [1.29, 1.82) is 0 Å². The maximum atomic E-state index is 6.03. The molecule has 2 aliphatic heterocycles. The van der Waals surface area contributed by atoms with Crippen molar-refractivity contribution in [3.63, 3.8) is 0 Å². The van der Waals surface area contributed by atoms with E-state index in [2.05, 4.69) is 25.1 Å². The summed E-state index contributed by atoms with van der Waals surface area (Å²) in [7, 11) is 1.68. The Kier molecular flexibility index (Phi) is 5.36. The molecule has 1 N–H and O–H groups in total. The summed E-state index contributed by atoms with van der Waals surface area (Å²) in [4.78, 5) is 13.7. The summed E-state index contributed by atoms with van der Waals surface area (Å²) >= 11 is 0. The van der Waals surface area contributed by atoms with Crippen molar-refractivity contribution < 1.29 is 9.47 Å². The first-order valence-electron chi connectivity index (χ1n) is 9.49. The van der Waals surface area contributed by atoms with E-state index in [9.17, 15) is 0 Å². The number of benzene rings is 1. The van der Waals surface area contributed by atoms with Crippen molar-refractivity contribution in [3.8, 4) is 11.5 Å². The number of likely N-dealkylation sites (tertiary alicyclic amines) is 1. The van der Waals surface area contributed by atoms with Crippen LogP contribution in [0, 0.1) is 0 Å². The molecule has 0 amide bonds. The molecule has 0 radical (unpaired) electrons. The van der Waals surface area contributed by atoms with Gasteiger partial charge in [0.1, 0.15) is 18.8 Å². The van der Waals surface area contributed by atoms with E-state index in [4.69, 9.17) is 9.47 Å². The highest BCUT2D eigenvalue weighted by molar-refractivity contribution is 5.92. The van der Waals surface area contributed by atoms with Gasteiger partial charge < -0.3 is 19.7 Å². The predicted molar refractivity (Wildman–Crippen MR) is 102 cm³/mol. The molecule has 0 aliphatic carbocycles. The van der Waals surface area contributed by atoms with E-state index in [-0.39, 0.29) is 0 Å². The number of fused-ring (bicyclic) bond motifs is 1. The van der Waals surface area contributed by atoms with Crippen molar-refractivity contribution >= 4 is 16.7 Å². The van der Waals surface area contributed by atoms with E-state index in [1.54, 1.807) is 13.4 Å². The fourth-order valence-electron chi connectivity index (χ4n) is 3.74. The number of aromatic nitrogens is 2. The Morgan fingerprint density at radius 2 is 1.85 bits per heavy atom. The van der Waals surface area contributed by atoms with Crippen LogP contribution in [-0.2, 0) is 0 Å². The fraction of sp³-hybridized carbons (Fsp3) is 0.579. The maximum Gasteiger partial charge on any atom is 0.163 e. The molecular formula is C19H27N5O2. The van der Waals surface area contributed by atoms with Gasteiger partial charge in [-0.15, -0.1) is 0 Å². The summed E-state index contributed by atoms with van der Waals surface area (Å²) in [5.41, 5.74) is 0.894. The first-order chi connectivity index (χ1) is 12.8. The van der Waals surface area contributed by atoms with Gasteiger partial charge >= 0.3 is 0 Å². The molecule has 0 atom stereocenters. The molecule has 7 heteroatoms. The van der Waals surface area contributed by atoms with Crippen molar-refractivity contribution in [2.24, 2.45) is 0 Å². The van der Waals surface area contributed by atoms with Crippen molar-refractivity contribution in [3.05, 3.63) is 18.5 Å². The fourth-order valence-corrected chi connectivity index (χ4v) is 3.74. The van der Waals surface area contributed by atoms with Crippen LogP contribution in [0.4, 0.5) is 5.82 Å². The molecule has 3 heterocycles. The summed E-state index contributed by atoms with van der Waals surface area (Å²) in [5, 5.41) is 4.39. The normalized spacial score (nSPS) is 18.4. The molecule has 2 aliphatic rings. The lowest BCUT2D eigenvalue weighted by molar-refractivity contribution is 0.230. The van der Waals surface area contributed by atoms with Gasteiger partial charge in [-0.05, 0) is 32.0 Å². The average Bonchev–Trinajstić information content (AvgIpc) is 3.21. The van der Waals surface area contributed by atoms with Gasteiger partial charge in [0, 0.05) is 44.2 Å². The average molecular weight is 357 g/mol. The third-order valence-electron chi connectivity index (χ3n) is 5.18. The molecule has 2 aromatic rings. The molecule has 0 unspecified atom stereocenters. The molecule has 2 fully saturated rings. The molecule has 26 heavy (non-hydrogen) atoms. The predicted octanol–water partition coefficient (Wildman–Crippen LogP) is 1.52. The van der Waals surface area contributed by atoms with Gasteiger partial charge in [0.25, 0.3) is 0 Å². The van der Waals surface area contributed by atoms with Crippen molar-refractivity contribution in [2.75, 3.05) is 64.4 Å². The second kappa shape index (κ2) is 8.05. The summed E-state index contributed by atoms with van der Waals surface area (Å²) in [5.74, 6) is 2.47. The van der Waals surface area contributed by atoms with Gasteiger partial charge in [0.2, 0.25) is 0 Å². The Labute approximate surface area is 154 Å². The standard InChI is InChI=1S/C19H27N5O2/c1-25-17-12-15-16(13-18(17)26-11-10-23-6-2-3-7-23)21-14-22-19(15)24-8-4-20-5-9-24/h12-14,20H,2-11H2,1H3. The second-order valence-corrected chi connectivity index (χ2v) is 6.85. The monoisotopic (exact) mass is 357 g/mol. The Bertz CT molecular complexity index is 742. The number of nitrogens with one attached hydrogen (secondary N) is 1. The number of ether oxygens (including phenoxy) is 2. The molecule has 7 nitrogen and oxygen atoms in total. The van der Waals surface area contributed by atoms with Gasteiger partial charge in [-0.2, -0.15) is 0 Å². The van der Waals surface area contributed by atoms with Gasteiger partial charge in [-0.25, -0.2) is 9.97 Å². The zero-order valence-electron chi connectivity index (χ0n) is 15.4. The van der Waals surface area contributed by atoms with E-state index < -0.39 is 0 Å². The van der Waals surface area contributed by atoms with E-state index >= 15 is 0 Å². The van der Waals surface area contributed by atoms with Gasteiger partial charge in [0.05, 0.1) is 12.6 Å². The molecule has 1 aromatic heterocycles. The minimum Gasteiger partial charge on any atom is -0.493 e. The SMILES string of the molecule is COc1cc2c(N3CCNCC3)ncnc2cc1OCCN1CCCC1. The third-order valence-corrected chi connectivity index (χ3v) is 5.18. The van der Waals surface area contributed by atoms with Crippen molar-refractivity contribution in [2.45, 2.75) is 12.8 Å². The molecule has 0 saturated carbocycles. The van der Waals surface area contributed by atoms with Crippen LogP contribution >= 0.6 is 0 Å². The lowest BCUT2D eigenvalue weighted by atomic mass is 10.2. The molecular weight excluding hydrogens is 330 g/mol. The summed E-state index contributed by atoms with van der Waals surface area (Å²) in [6.07, 6.45) is 4.23. The van der Waals surface area contributed by atoms with E-state index in [1.165, 1.54) is 25.9 Å². The Morgan fingerprint density at radius 3 is 2.62 bits per heavy atom. The van der Waals surface area contributed by atoms with Crippen LogP contribution < -0.4 is 19.7 Å². The van der Waals surface area contributed by atoms with Crippen LogP contribution in [-0.4, -0.2) is 74.4 Å². The molecule has 2 saturated heterocycles. The zero-order valence-corrected chi connectivity index (χ0v) is 15.4. The van der Waals surface area contributed by atoms with Crippen LogP contribution in [0.3, 0.4) is 0 Å². The van der Waals surface area contributed by atoms with E-state index in [0.717, 1.165) is 60.9 Å². The quantitative estimate of drug-likeness (QED) is 0.841. The Balaban J connectivity index is 1.56. The van der Waals surface area contributed by atoms with Crippen LogP contribution in [0.1, 0.15) is 12.8 Å². The highest BCUT2D eigenvalue weighted by atomic mass is 16.5. The number of hydrogen-bond acceptors (Lipinski definition) is 7. The largest absolute Gasteiger partial charge is 0.493 e. The first-order valence-corrected chi connectivity index (χ1v) is 9.49. The number of rotatable bonds is 6. The summed E-state index contributed by atoms with van der Waals surface area (Å²) < 4.78 is 11.6. The number of hydrogen-bond donors (Lipinski definition) is 1. The highest BCUT2D eigenvalue weighted by Gasteiger charge is 2.18. The van der Waals surface area contributed by atoms with Gasteiger partial charge in [0.15, 0.2) is 11.5 Å². The van der Waals surface area contributed by atoms with Gasteiger partial charge in [-0.1, -0.05) is 0 Å². The lowest BCUT2D eigenvalue weighted by Gasteiger charge is -2.29. The minimum absolute atomic E-state index is 0.664. The highest BCUT2D eigenvalue weighted by Crippen LogP contribution is 2.35. The number of nitrogens with zero attached hydrogens (tertiary/aromatic N) is 4. The van der Waals surface area contributed by atoms with Crippen molar-refractivity contribution in [1.82, 2.24) is 20.2 Å². The Hall–Kier alpha value is -2.12. The summed E-state index contributed by atoms with van der Waals surface area (Å²) in [6.45, 7) is 7.82. The van der Waals surface area contributed by atoms with Crippen LogP contribution in [0.25, 0.3) is 10.9 Å². The minimum atomic E-state index is 0.664. The molecule has 4 rings (SSSR count). The third kappa shape index (κ3) is 3.68. The zero-order chi connectivity index (χ0) is 17.8. The molecule has 140 valence electrons. The smallest absolute Gasteiger partial charge is 0.163 e. The van der Waals surface area contributed by atoms with Gasteiger partial charge in [-0.3, -0.25) is 4.90 Å². The first kappa shape index (κ1) is 17.3. The lowest BCUT2D eigenvalue weighted by Crippen LogP contribution is -2.44. The topological polar surface area (TPSA) is 62.8 Å².